The van der Waals surface area contributed by atoms with Gasteiger partial charge < -0.3 is 15.8 Å². The highest BCUT2D eigenvalue weighted by molar-refractivity contribution is 5.91. The van der Waals surface area contributed by atoms with E-state index >= 15 is 0 Å². The molecule has 4 heteroatoms. The Bertz CT molecular complexity index is 876. The minimum absolute atomic E-state index is 0.229. The summed E-state index contributed by atoms with van der Waals surface area (Å²) in [5, 5.41) is 4.54. The fourth-order valence-electron chi connectivity index (χ4n) is 3.41. The number of hydrogen-bond donors (Lipinski definition) is 2. The Kier molecular flexibility index (Phi) is 3.30. The summed E-state index contributed by atoms with van der Waals surface area (Å²) in [6.07, 6.45) is 2.11. The average molecular weight is 305 g/mol. The summed E-state index contributed by atoms with van der Waals surface area (Å²) >= 11 is 0. The molecule has 4 rings (SSSR count). The topological polar surface area (TPSA) is 60.2 Å². The first-order valence-corrected chi connectivity index (χ1v) is 7.84. The van der Waals surface area contributed by atoms with Crippen LogP contribution in [0.3, 0.4) is 0 Å². The Balaban J connectivity index is 1.68. The van der Waals surface area contributed by atoms with E-state index < -0.39 is 0 Å². The molecule has 0 bridgehead atoms. The van der Waals surface area contributed by atoms with E-state index in [9.17, 15) is 0 Å². The number of rotatable bonds is 3. The van der Waals surface area contributed by atoms with Gasteiger partial charge in [0, 0.05) is 16.6 Å². The minimum Gasteiger partial charge on any atom is -0.496 e. The summed E-state index contributed by atoms with van der Waals surface area (Å²) in [6, 6.07) is 16.3. The van der Waals surface area contributed by atoms with Crippen molar-refractivity contribution in [2.75, 3.05) is 18.2 Å². The van der Waals surface area contributed by atoms with Gasteiger partial charge in [0.15, 0.2) is 0 Å². The average Bonchev–Trinajstić information content (AvgIpc) is 2.98. The Morgan fingerprint density at radius 1 is 1.13 bits per heavy atom. The van der Waals surface area contributed by atoms with E-state index in [2.05, 4.69) is 17.4 Å². The largest absolute Gasteiger partial charge is 0.496 e. The van der Waals surface area contributed by atoms with Crippen molar-refractivity contribution < 1.29 is 4.74 Å². The molecule has 1 aliphatic carbocycles. The van der Waals surface area contributed by atoms with E-state index in [0.29, 0.717) is 0 Å². The molecular formula is C19H19N3O. The van der Waals surface area contributed by atoms with E-state index in [0.717, 1.165) is 41.0 Å². The second-order valence-corrected chi connectivity index (χ2v) is 5.88. The van der Waals surface area contributed by atoms with Crippen LogP contribution >= 0.6 is 0 Å². The Labute approximate surface area is 135 Å². The lowest BCUT2D eigenvalue weighted by Gasteiger charge is -2.17. The zero-order chi connectivity index (χ0) is 15.8. The van der Waals surface area contributed by atoms with Crippen LogP contribution in [0.25, 0.3) is 10.9 Å². The molecule has 2 aromatic carbocycles. The highest BCUT2D eigenvalue weighted by Crippen LogP contribution is 2.39. The van der Waals surface area contributed by atoms with E-state index in [1.165, 1.54) is 11.1 Å². The van der Waals surface area contributed by atoms with Gasteiger partial charge in [0.2, 0.25) is 0 Å². The summed E-state index contributed by atoms with van der Waals surface area (Å²) in [7, 11) is 1.72. The Hall–Kier alpha value is -2.75. The molecule has 0 saturated heterocycles. The Morgan fingerprint density at radius 2 is 2.00 bits per heavy atom. The lowest BCUT2D eigenvalue weighted by Crippen LogP contribution is -2.09. The molecule has 0 fully saturated rings. The molecule has 3 N–H and O–H groups in total. The minimum atomic E-state index is 0.229. The number of methoxy groups -OCH3 is 1. The number of nitrogens with one attached hydrogen (secondary N) is 1. The second kappa shape index (κ2) is 5.47. The molecule has 1 unspecified atom stereocenters. The van der Waals surface area contributed by atoms with Gasteiger partial charge in [-0.3, -0.25) is 0 Å². The van der Waals surface area contributed by atoms with Crippen molar-refractivity contribution in [1.29, 1.82) is 0 Å². The third kappa shape index (κ3) is 2.36. The maximum atomic E-state index is 5.99. The first kappa shape index (κ1) is 13.9. The van der Waals surface area contributed by atoms with Gasteiger partial charge >= 0.3 is 0 Å². The van der Waals surface area contributed by atoms with Crippen LogP contribution in [0.15, 0.2) is 48.5 Å². The summed E-state index contributed by atoms with van der Waals surface area (Å²) in [5.74, 6) is 1.81. The molecule has 0 radical (unpaired) electrons. The number of nitrogen functional groups attached to an aromatic ring is 1. The first-order chi connectivity index (χ1) is 11.3. The maximum Gasteiger partial charge on any atom is 0.127 e. The molecule has 1 heterocycles. The molecule has 1 aliphatic rings. The molecule has 23 heavy (non-hydrogen) atoms. The van der Waals surface area contributed by atoms with Gasteiger partial charge in [-0.1, -0.05) is 18.2 Å². The molecule has 1 aromatic heterocycles. The van der Waals surface area contributed by atoms with Gasteiger partial charge in [-0.2, -0.15) is 0 Å². The fraction of sp³-hybridized carbons (Fsp3) is 0.211. The van der Waals surface area contributed by atoms with Gasteiger partial charge in [0.05, 0.1) is 18.7 Å². The van der Waals surface area contributed by atoms with Crippen LogP contribution < -0.4 is 15.8 Å². The predicted octanol–water partition coefficient (Wildman–Crippen LogP) is 3.93. The second-order valence-electron chi connectivity index (χ2n) is 5.88. The molecular weight excluding hydrogens is 286 g/mol. The quantitative estimate of drug-likeness (QED) is 0.720. The molecule has 1 atom stereocenters. The normalized spacial score (nSPS) is 16.3. The van der Waals surface area contributed by atoms with Crippen LogP contribution in [-0.4, -0.2) is 12.1 Å². The molecule has 0 saturated carbocycles. The van der Waals surface area contributed by atoms with Crippen LogP contribution in [0, 0.1) is 0 Å². The number of nitrogens with zero attached hydrogens (tertiary/aromatic N) is 1. The highest BCUT2D eigenvalue weighted by Gasteiger charge is 2.26. The molecule has 116 valence electrons. The number of aryl methyl sites for hydroxylation is 1. The summed E-state index contributed by atoms with van der Waals surface area (Å²) in [6.45, 7) is 0. The molecule has 4 nitrogen and oxygen atoms in total. The monoisotopic (exact) mass is 305 g/mol. The molecule has 0 aliphatic heterocycles. The highest BCUT2D eigenvalue weighted by atomic mass is 16.5. The number of aromatic nitrogens is 1. The zero-order valence-electron chi connectivity index (χ0n) is 13.0. The van der Waals surface area contributed by atoms with E-state index in [-0.39, 0.29) is 6.04 Å². The number of nitrogens with two attached hydrogens (primary N) is 1. The van der Waals surface area contributed by atoms with Gasteiger partial charge in [-0.25, -0.2) is 4.98 Å². The van der Waals surface area contributed by atoms with Gasteiger partial charge in [-0.05, 0) is 48.7 Å². The molecule has 0 spiro atoms. The van der Waals surface area contributed by atoms with Crippen molar-refractivity contribution in [3.8, 4) is 5.75 Å². The van der Waals surface area contributed by atoms with Crippen LogP contribution in [0.1, 0.15) is 23.6 Å². The van der Waals surface area contributed by atoms with Gasteiger partial charge in [0.25, 0.3) is 0 Å². The van der Waals surface area contributed by atoms with Crippen LogP contribution in [0.4, 0.5) is 11.5 Å². The van der Waals surface area contributed by atoms with E-state index in [1.54, 1.807) is 7.11 Å². The summed E-state index contributed by atoms with van der Waals surface area (Å²) in [5.41, 5.74) is 10.3. The van der Waals surface area contributed by atoms with Gasteiger partial charge in [0.1, 0.15) is 11.6 Å². The standard InChI is InChI=1S/C19H19N3O/c1-23-17-7-2-4-12-8-10-16(19(12)17)22-18-11-9-13-14(20)5-3-6-15(13)21-18/h2-7,9,11,16H,8,10,20H2,1H3,(H,21,22). The number of fused-ring (bicyclic) bond motifs is 2. The van der Waals surface area contributed by atoms with E-state index in [1.807, 2.05) is 36.4 Å². The lowest BCUT2D eigenvalue weighted by atomic mass is 10.1. The third-order valence-electron chi connectivity index (χ3n) is 4.51. The van der Waals surface area contributed by atoms with E-state index in [4.69, 9.17) is 15.5 Å². The number of ether oxygens (including phenoxy) is 1. The number of hydrogen-bond acceptors (Lipinski definition) is 4. The molecule has 0 amide bonds. The number of pyridine rings is 1. The van der Waals surface area contributed by atoms with Crippen LogP contribution in [0.2, 0.25) is 0 Å². The van der Waals surface area contributed by atoms with Crippen molar-refractivity contribution in [3.63, 3.8) is 0 Å². The SMILES string of the molecule is COc1cccc2c1C(Nc1ccc3c(N)cccc3n1)CC2. The fourth-order valence-corrected chi connectivity index (χ4v) is 3.41. The summed E-state index contributed by atoms with van der Waals surface area (Å²) < 4.78 is 5.53. The van der Waals surface area contributed by atoms with Gasteiger partial charge in [-0.15, -0.1) is 0 Å². The van der Waals surface area contributed by atoms with Crippen LogP contribution in [0.5, 0.6) is 5.75 Å². The van der Waals surface area contributed by atoms with Crippen LogP contribution in [-0.2, 0) is 6.42 Å². The molecule has 3 aromatic rings. The maximum absolute atomic E-state index is 5.99. The first-order valence-electron chi connectivity index (χ1n) is 7.84. The number of anilines is 2. The lowest BCUT2D eigenvalue weighted by molar-refractivity contribution is 0.408. The van der Waals surface area contributed by atoms with Crippen molar-refractivity contribution in [2.24, 2.45) is 0 Å². The van der Waals surface area contributed by atoms with Crippen molar-refractivity contribution in [1.82, 2.24) is 4.98 Å². The van der Waals surface area contributed by atoms with Crippen molar-refractivity contribution in [3.05, 3.63) is 59.7 Å². The smallest absolute Gasteiger partial charge is 0.127 e. The third-order valence-corrected chi connectivity index (χ3v) is 4.51. The van der Waals surface area contributed by atoms with Crippen molar-refractivity contribution in [2.45, 2.75) is 18.9 Å². The summed E-state index contributed by atoms with van der Waals surface area (Å²) in [4.78, 5) is 4.70. The predicted molar refractivity (Wildman–Crippen MR) is 93.8 cm³/mol. The van der Waals surface area contributed by atoms with Crippen molar-refractivity contribution >= 4 is 22.4 Å². The zero-order valence-corrected chi connectivity index (χ0v) is 13.0. The number of benzene rings is 2. The Morgan fingerprint density at radius 3 is 2.87 bits per heavy atom.